The van der Waals surface area contributed by atoms with Gasteiger partial charge in [-0.25, -0.2) is 14.4 Å². The van der Waals surface area contributed by atoms with Crippen LogP contribution >= 0.6 is 63.7 Å². The van der Waals surface area contributed by atoms with Crippen LogP contribution in [0.3, 0.4) is 0 Å². The number of carbonyl (C=O) groups is 4. The zero-order valence-corrected chi connectivity index (χ0v) is 52.8. The van der Waals surface area contributed by atoms with Crippen LogP contribution in [0.15, 0.2) is 109 Å². The fraction of sp³-hybridized carbons (Fsp3) is 0.358. The van der Waals surface area contributed by atoms with Crippen molar-refractivity contribution in [1.82, 2.24) is 10.6 Å². The average molecular weight is 1390 g/mol. The van der Waals surface area contributed by atoms with E-state index in [4.69, 9.17) is 49.7 Å². The zero-order valence-electron chi connectivity index (χ0n) is 46.4. The van der Waals surface area contributed by atoms with E-state index in [1.165, 1.54) is 40.9 Å². The minimum atomic E-state index is -1.61. The number of aromatic carboxylic acids is 1. The normalized spacial score (nSPS) is 9.91. The molecule has 0 unspecified atom stereocenters. The standard InChI is InChI=1S/C13H20BNO5.C13H18BrNO3.C8H8BrNO2.C8H10BrNO.C8H7BrO3.C2H5B2O3.CH4/c1-13(2,3)20-12(16)15-8-9-7-10(19-4)5-6-11(9)14(17)18;1-13(2,3)18-12(16)15-8-9-7-10(17-4)5-6-11(9)14;1-12-5-2-3-7(9)6(4-5)8(10)11;1-11-7-2-3-8(9)6(4-7)5-10;1-12-5-2-3-7(9)6(4-5)8(10)11;1-3-7-6-2-4-5;/h5-7,17-18H,8H2,1-4H3,(H,15,16);5-7H,8H2,1-4H3,(H,15,16);2-4H,1H3,(H2,10,11);2-4H,5,10H2,1H3;2-4H,1H3,(H,10,11);2H2,1H3;1H4. The third kappa shape index (κ3) is 33.7. The van der Waals surface area contributed by atoms with Gasteiger partial charge in [0.05, 0.1) is 46.7 Å². The third-order valence-corrected chi connectivity index (χ3v) is 12.1. The molecule has 0 aliphatic heterocycles. The number of hydrogen-bond acceptors (Lipinski definition) is 17. The summed E-state index contributed by atoms with van der Waals surface area (Å²) in [4.78, 5) is 53.0. The van der Waals surface area contributed by atoms with Gasteiger partial charge in [0, 0.05) is 37.5 Å². The van der Waals surface area contributed by atoms with Crippen LogP contribution in [0.4, 0.5) is 9.59 Å². The van der Waals surface area contributed by atoms with Gasteiger partial charge in [0.25, 0.3) is 0 Å². The number of alkyl carbamates (subject to hydrolysis) is 2. The van der Waals surface area contributed by atoms with Gasteiger partial charge in [-0.2, -0.15) is 0 Å². The molecule has 3 amide bonds. The van der Waals surface area contributed by atoms with Gasteiger partial charge in [0.2, 0.25) is 5.91 Å². The molecule has 0 atom stereocenters. The van der Waals surface area contributed by atoms with Gasteiger partial charge in [-0.15, -0.1) is 0 Å². The number of hydrogen-bond donors (Lipinski definition) is 7. The Balaban J connectivity index is 0. The first-order valence-electron chi connectivity index (χ1n) is 23.5. The molecule has 0 aliphatic rings. The summed E-state index contributed by atoms with van der Waals surface area (Å²) in [5.74, 6) is 1.87. The van der Waals surface area contributed by atoms with E-state index in [2.05, 4.69) is 84.0 Å². The summed E-state index contributed by atoms with van der Waals surface area (Å²) in [7, 11) is 8.14. The summed E-state index contributed by atoms with van der Waals surface area (Å²) in [6, 6.07) is 26.0. The Labute approximate surface area is 509 Å². The number of methoxy groups -OCH3 is 5. The van der Waals surface area contributed by atoms with Crippen LogP contribution in [0.25, 0.3) is 0 Å². The maximum absolute atomic E-state index is 11.6. The number of benzene rings is 5. The van der Waals surface area contributed by atoms with Crippen LogP contribution in [-0.2, 0) is 43.5 Å². The van der Waals surface area contributed by atoms with Crippen LogP contribution < -0.4 is 51.2 Å². The average Bonchev–Trinajstić information content (AvgIpc) is 3.40. The second-order valence-corrected chi connectivity index (χ2v) is 20.8. The second kappa shape index (κ2) is 41.3. The number of rotatable bonds is 17. The number of nitrogens with one attached hydrogen (secondary N) is 2. The summed E-state index contributed by atoms with van der Waals surface area (Å²) in [5.41, 5.74) is 13.0. The van der Waals surface area contributed by atoms with E-state index in [1.807, 2.05) is 57.2 Å². The van der Waals surface area contributed by atoms with Gasteiger partial charge in [-0.1, -0.05) is 45.4 Å². The van der Waals surface area contributed by atoms with E-state index in [0.29, 0.717) is 63.0 Å². The van der Waals surface area contributed by atoms with Crippen molar-refractivity contribution >= 4 is 115 Å². The van der Waals surface area contributed by atoms with E-state index in [-0.39, 0.29) is 26.0 Å². The summed E-state index contributed by atoms with van der Waals surface area (Å²) in [6.07, 6.45) is -1.00. The first-order chi connectivity index (χ1) is 37.5. The Morgan fingerprint density at radius 1 is 0.580 bits per heavy atom. The quantitative estimate of drug-likeness (QED) is 0.0197. The van der Waals surface area contributed by atoms with Crippen LogP contribution in [0.5, 0.6) is 28.7 Å². The van der Waals surface area contributed by atoms with E-state index >= 15 is 0 Å². The molecule has 28 heteroatoms. The van der Waals surface area contributed by atoms with E-state index in [0.717, 1.165) is 31.6 Å². The van der Waals surface area contributed by atoms with E-state index in [1.54, 1.807) is 84.3 Å². The number of halogens is 4. The summed E-state index contributed by atoms with van der Waals surface area (Å²) >= 11 is 13.1. The van der Waals surface area contributed by atoms with Crippen LogP contribution in [-0.4, -0.2) is 114 Å². The number of nitrogens with two attached hydrogens (primary N) is 2. The zero-order chi connectivity index (χ0) is 61.2. The number of carbonyl (C=O) groups excluding carboxylic acids is 3. The third-order valence-electron chi connectivity index (χ3n) is 9.14. The van der Waals surface area contributed by atoms with Gasteiger partial charge in [0.1, 0.15) is 39.9 Å². The summed E-state index contributed by atoms with van der Waals surface area (Å²) < 4.78 is 47.9. The van der Waals surface area contributed by atoms with Crippen molar-refractivity contribution in [1.29, 1.82) is 0 Å². The number of amides is 3. The molecule has 0 aromatic heterocycles. The summed E-state index contributed by atoms with van der Waals surface area (Å²) in [6.45, 7) is 13.4. The fourth-order valence-corrected chi connectivity index (χ4v) is 7.13. The first-order valence-corrected chi connectivity index (χ1v) is 26.7. The Kier molecular flexibility index (Phi) is 39.5. The first kappa shape index (κ1) is 77.4. The molecule has 0 bridgehead atoms. The summed E-state index contributed by atoms with van der Waals surface area (Å²) in [5, 5.41) is 32.5. The topological polar surface area (TPSA) is 305 Å². The second-order valence-electron chi connectivity index (χ2n) is 17.4. The fourth-order valence-electron chi connectivity index (χ4n) is 5.48. The van der Waals surface area contributed by atoms with E-state index < -0.39 is 42.4 Å². The van der Waals surface area contributed by atoms with Gasteiger partial charge in [-0.3, -0.25) is 4.79 Å². The molecule has 5 aromatic carbocycles. The predicted octanol–water partition coefficient (Wildman–Crippen LogP) is 9.76. The predicted molar refractivity (Wildman–Crippen MR) is 327 cm³/mol. The number of ether oxygens (including phenoxy) is 7. The number of carboxylic acid groups (broad SMARTS) is 1. The van der Waals surface area contributed by atoms with Crippen LogP contribution in [0.1, 0.15) is 86.4 Å². The molecule has 0 aliphatic carbocycles. The molecule has 0 saturated carbocycles. The van der Waals surface area contributed by atoms with Gasteiger partial charge in [-0.05, 0) is 180 Å². The molecule has 0 spiro atoms. The molecule has 21 nitrogen and oxygen atoms in total. The van der Waals surface area contributed by atoms with Crippen molar-refractivity contribution in [2.75, 3.05) is 42.1 Å². The molecule has 443 valence electrons. The van der Waals surface area contributed by atoms with Crippen molar-refractivity contribution in [3.8, 4) is 28.7 Å². The van der Waals surface area contributed by atoms with Crippen molar-refractivity contribution in [2.45, 2.75) is 86.6 Å². The molecular weight excluding hydrogens is 1320 g/mol. The van der Waals surface area contributed by atoms with Crippen LogP contribution in [0.2, 0.25) is 6.82 Å². The van der Waals surface area contributed by atoms with Crippen molar-refractivity contribution < 1.29 is 81.9 Å². The Morgan fingerprint density at radius 3 is 1.31 bits per heavy atom. The number of carboxylic acids is 1. The van der Waals surface area contributed by atoms with E-state index in [9.17, 15) is 33.9 Å². The molecule has 0 fully saturated rings. The molecular formula is C53H72B3Br4N4O17. The monoisotopic (exact) mass is 1390 g/mol. The molecule has 5 aromatic rings. The van der Waals surface area contributed by atoms with Gasteiger partial charge < -0.3 is 70.4 Å². The van der Waals surface area contributed by atoms with Crippen LogP contribution in [0, 0.1) is 0 Å². The maximum atomic E-state index is 11.6. The molecule has 5 rings (SSSR count). The Bertz CT molecular complexity index is 2660. The van der Waals surface area contributed by atoms with Crippen molar-refractivity contribution in [2.24, 2.45) is 11.5 Å². The molecule has 9 N–H and O–H groups in total. The SMILES string of the molecule is C.COc1ccc(B(O)O)c(CNC(=O)OC(C)(C)C)c1.COc1ccc(Br)c(C(=O)O)c1.COc1ccc(Br)c(C(N)=O)c1.COc1ccc(Br)c(CN)c1.COc1ccc(Br)c(CNC(=O)OC(C)(C)C)c1.C[B]OOCB=O. The minimum absolute atomic E-state index is 0. The number of primary amides is 1. The van der Waals surface area contributed by atoms with Gasteiger partial charge in [0.15, 0.2) is 0 Å². The van der Waals surface area contributed by atoms with Crippen molar-refractivity contribution in [3.63, 3.8) is 0 Å². The molecule has 0 heterocycles. The Morgan fingerprint density at radius 2 is 0.938 bits per heavy atom. The Hall–Kier alpha value is -5.71. The van der Waals surface area contributed by atoms with Crippen molar-refractivity contribution in [3.05, 3.63) is 137 Å². The molecule has 0 saturated heterocycles. The molecule has 81 heavy (non-hydrogen) atoms. The van der Waals surface area contributed by atoms with Gasteiger partial charge >= 0.3 is 67.6 Å². The molecule has 1 radical (unpaired) electrons.